The first-order valence-electron chi connectivity index (χ1n) is 12.1. The standard InChI is InChI=1S/C28H26N4O3S/c1-19(27(33)31-17-9-11-20-10-5-6-14-22(20)31)36-28-30-29-26(32(28)21-12-3-2-4-13-21)25-18-34-23-15-7-8-16-24(23)35-25/h2-8,10,12-16,19,25H,9,11,17-18H2,1H3/t19-,25+/m1/s1. The summed E-state index contributed by atoms with van der Waals surface area (Å²) in [6.07, 6.45) is 1.53. The fraction of sp³-hybridized carbons (Fsp3) is 0.250. The molecule has 0 radical (unpaired) electrons. The molecule has 0 unspecified atom stereocenters. The second kappa shape index (κ2) is 9.70. The molecule has 0 saturated carbocycles. The molecule has 1 aromatic heterocycles. The van der Waals surface area contributed by atoms with Crippen LogP contribution in [-0.2, 0) is 11.2 Å². The van der Waals surface area contributed by atoms with E-state index in [2.05, 4.69) is 16.3 Å². The third kappa shape index (κ3) is 4.22. The molecule has 0 N–H and O–H groups in total. The number of fused-ring (bicyclic) bond motifs is 2. The summed E-state index contributed by atoms with van der Waals surface area (Å²) >= 11 is 1.41. The van der Waals surface area contributed by atoms with E-state index in [1.807, 2.05) is 89.2 Å². The summed E-state index contributed by atoms with van der Waals surface area (Å²) in [7, 11) is 0. The van der Waals surface area contributed by atoms with Crippen LogP contribution in [0, 0.1) is 0 Å². The number of benzene rings is 3. The van der Waals surface area contributed by atoms with Crippen LogP contribution in [0.3, 0.4) is 0 Å². The largest absolute Gasteiger partial charge is 0.485 e. The minimum Gasteiger partial charge on any atom is -0.485 e. The van der Waals surface area contributed by atoms with Crippen molar-refractivity contribution < 1.29 is 14.3 Å². The molecular weight excluding hydrogens is 472 g/mol. The van der Waals surface area contributed by atoms with Gasteiger partial charge in [0.15, 0.2) is 28.6 Å². The van der Waals surface area contributed by atoms with Crippen LogP contribution in [0.2, 0.25) is 0 Å². The first-order chi connectivity index (χ1) is 17.7. The van der Waals surface area contributed by atoms with Crippen LogP contribution in [0.15, 0.2) is 84.0 Å². The van der Waals surface area contributed by atoms with E-state index in [4.69, 9.17) is 9.47 Å². The lowest BCUT2D eigenvalue weighted by molar-refractivity contribution is -0.117. The van der Waals surface area contributed by atoms with E-state index in [1.165, 1.54) is 17.3 Å². The number of carbonyl (C=O) groups is 1. The fourth-order valence-corrected chi connectivity index (χ4v) is 5.66. The first kappa shape index (κ1) is 22.7. The topological polar surface area (TPSA) is 69.5 Å². The van der Waals surface area contributed by atoms with Gasteiger partial charge in [-0.2, -0.15) is 0 Å². The number of ether oxygens (including phenoxy) is 2. The van der Waals surface area contributed by atoms with Gasteiger partial charge in [0.05, 0.1) is 5.25 Å². The van der Waals surface area contributed by atoms with E-state index >= 15 is 0 Å². The highest BCUT2D eigenvalue weighted by molar-refractivity contribution is 8.00. The van der Waals surface area contributed by atoms with Gasteiger partial charge in [0.2, 0.25) is 5.91 Å². The van der Waals surface area contributed by atoms with Gasteiger partial charge in [0.25, 0.3) is 0 Å². The highest BCUT2D eigenvalue weighted by Crippen LogP contribution is 2.38. The average molecular weight is 499 g/mol. The van der Waals surface area contributed by atoms with Crippen LogP contribution >= 0.6 is 11.8 Å². The molecule has 182 valence electrons. The molecule has 7 nitrogen and oxygen atoms in total. The lowest BCUT2D eigenvalue weighted by Crippen LogP contribution is -2.40. The minimum atomic E-state index is -0.429. The summed E-state index contributed by atoms with van der Waals surface area (Å²) in [5, 5.41) is 9.31. The Morgan fingerprint density at radius 3 is 2.58 bits per heavy atom. The van der Waals surface area contributed by atoms with Crippen LogP contribution in [0.4, 0.5) is 5.69 Å². The van der Waals surface area contributed by atoms with Gasteiger partial charge >= 0.3 is 0 Å². The van der Waals surface area contributed by atoms with Crippen molar-refractivity contribution in [2.45, 2.75) is 36.3 Å². The summed E-state index contributed by atoms with van der Waals surface area (Å²) in [6.45, 7) is 2.99. The van der Waals surface area contributed by atoms with Crippen molar-refractivity contribution in [2.24, 2.45) is 0 Å². The molecule has 0 fully saturated rings. The zero-order chi connectivity index (χ0) is 24.5. The molecule has 0 spiro atoms. The number of carbonyl (C=O) groups excluding carboxylic acids is 1. The minimum absolute atomic E-state index is 0.0717. The van der Waals surface area contributed by atoms with Crippen molar-refractivity contribution in [1.82, 2.24) is 14.8 Å². The Labute approximate surface area is 214 Å². The normalized spacial score (nSPS) is 17.4. The average Bonchev–Trinajstić information content (AvgIpc) is 3.36. The number of anilines is 1. The maximum Gasteiger partial charge on any atom is 0.240 e. The number of hydrogen-bond donors (Lipinski definition) is 0. The van der Waals surface area contributed by atoms with E-state index in [0.29, 0.717) is 23.3 Å². The Kier molecular flexibility index (Phi) is 6.11. The molecule has 36 heavy (non-hydrogen) atoms. The van der Waals surface area contributed by atoms with Gasteiger partial charge in [0.1, 0.15) is 6.61 Å². The van der Waals surface area contributed by atoms with E-state index in [9.17, 15) is 4.79 Å². The van der Waals surface area contributed by atoms with Crippen LogP contribution in [0.1, 0.15) is 30.8 Å². The number of nitrogens with zero attached hydrogens (tertiary/aromatic N) is 4. The van der Waals surface area contributed by atoms with Gasteiger partial charge in [0, 0.05) is 17.9 Å². The van der Waals surface area contributed by atoms with Crippen LogP contribution in [-0.4, -0.2) is 39.1 Å². The van der Waals surface area contributed by atoms with Crippen LogP contribution in [0.5, 0.6) is 11.5 Å². The number of para-hydroxylation sites is 4. The molecule has 2 aliphatic rings. The molecule has 2 atom stereocenters. The summed E-state index contributed by atoms with van der Waals surface area (Å²) in [5.41, 5.74) is 3.14. The molecule has 3 heterocycles. The molecular formula is C28H26N4O3S. The first-order valence-corrected chi connectivity index (χ1v) is 13.0. The van der Waals surface area contributed by atoms with Gasteiger partial charge in [-0.1, -0.05) is 60.3 Å². The molecule has 0 bridgehead atoms. The van der Waals surface area contributed by atoms with Crippen molar-refractivity contribution in [1.29, 1.82) is 0 Å². The highest BCUT2D eigenvalue weighted by Gasteiger charge is 2.32. The Morgan fingerprint density at radius 1 is 0.972 bits per heavy atom. The zero-order valence-corrected chi connectivity index (χ0v) is 20.7. The number of aromatic nitrogens is 3. The third-order valence-electron chi connectivity index (χ3n) is 6.48. The van der Waals surface area contributed by atoms with E-state index < -0.39 is 6.10 Å². The van der Waals surface area contributed by atoms with Gasteiger partial charge in [-0.05, 0) is 55.7 Å². The highest BCUT2D eigenvalue weighted by atomic mass is 32.2. The summed E-state index contributed by atoms with van der Waals surface area (Å²) in [6, 6.07) is 25.7. The lowest BCUT2D eigenvalue weighted by Gasteiger charge is -2.31. The van der Waals surface area contributed by atoms with Crippen LogP contribution < -0.4 is 14.4 Å². The van der Waals surface area contributed by atoms with Gasteiger partial charge in [-0.15, -0.1) is 10.2 Å². The molecule has 0 saturated heterocycles. The van der Waals surface area contributed by atoms with Crippen LogP contribution in [0.25, 0.3) is 5.69 Å². The van der Waals surface area contributed by atoms with E-state index in [0.717, 1.165) is 36.5 Å². The predicted octanol–water partition coefficient (Wildman–Crippen LogP) is 5.24. The molecule has 0 aliphatic carbocycles. The summed E-state index contributed by atoms with van der Waals surface area (Å²) in [4.78, 5) is 15.5. The second-order valence-corrected chi connectivity index (χ2v) is 10.2. The molecule has 1 amide bonds. The Balaban J connectivity index is 1.30. The SMILES string of the molecule is C[C@@H](Sc1nnc([C@@H]2COc3ccccc3O2)n1-c1ccccc1)C(=O)N1CCCc2ccccc21. The summed E-state index contributed by atoms with van der Waals surface area (Å²) < 4.78 is 14.2. The Bertz CT molecular complexity index is 1390. The number of amides is 1. The smallest absolute Gasteiger partial charge is 0.240 e. The maximum atomic E-state index is 13.6. The van der Waals surface area contributed by atoms with Crippen molar-refractivity contribution in [3.8, 4) is 17.2 Å². The number of rotatable bonds is 5. The van der Waals surface area contributed by atoms with Crippen molar-refractivity contribution in [3.63, 3.8) is 0 Å². The fourth-order valence-electron chi connectivity index (χ4n) is 4.72. The van der Waals surface area contributed by atoms with Gasteiger partial charge in [-0.25, -0.2) is 0 Å². The van der Waals surface area contributed by atoms with Crippen molar-refractivity contribution >= 4 is 23.4 Å². The number of thioether (sulfide) groups is 1. The number of aryl methyl sites for hydroxylation is 1. The van der Waals surface area contributed by atoms with Crippen molar-refractivity contribution in [2.75, 3.05) is 18.1 Å². The van der Waals surface area contributed by atoms with Gasteiger partial charge in [-0.3, -0.25) is 9.36 Å². The molecule has 6 rings (SSSR count). The monoisotopic (exact) mass is 498 g/mol. The van der Waals surface area contributed by atoms with Crippen molar-refractivity contribution in [3.05, 3.63) is 90.3 Å². The second-order valence-electron chi connectivity index (χ2n) is 8.86. The van der Waals surface area contributed by atoms with E-state index in [-0.39, 0.29) is 11.2 Å². The Morgan fingerprint density at radius 2 is 1.72 bits per heavy atom. The zero-order valence-electron chi connectivity index (χ0n) is 19.9. The maximum absolute atomic E-state index is 13.6. The molecule has 8 heteroatoms. The Hall–Kier alpha value is -3.78. The molecule has 4 aromatic rings. The number of hydrogen-bond acceptors (Lipinski definition) is 6. The predicted molar refractivity (Wildman–Crippen MR) is 139 cm³/mol. The third-order valence-corrected chi connectivity index (χ3v) is 7.51. The summed E-state index contributed by atoms with van der Waals surface area (Å²) in [5.74, 6) is 2.11. The molecule has 2 aliphatic heterocycles. The van der Waals surface area contributed by atoms with Gasteiger partial charge < -0.3 is 14.4 Å². The lowest BCUT2D eigenvalue weighted by atomic mass is 10.0. The van der Waals surface area contributed by atoms with E-state index in [1.54, 1.807) is 0 Å². The quantitative estimate of drug-likeness (QED) is 0.351. The molecule has 3 aromatic carbocycles.